The first-order valence-electron chi connectivity index (χ1n) is 7.72. The quantitative estimate of drug-likeness (QED) is 0.737. The number of ether oxygens (including phenoxy) is 2. The van der Waals surface area contributed by atoms with E-state index >= 15 is 0 Å². The van der Waals surface area contributed by atoms with Crippen molar-refractivity contribution in [2.24, 2.45) is 5.41 Å². The molecule has 1 aromatic carbocycles. The van der Waals surface area contributed by atoms with E-state index in [-0.39, 0.29) is 18.7 Å². The van der Waals surface area contributed by atoms with Crippen molar-refractivity contribution < 1.29 is 23.5 Å². The van der Waals surface area contributed by atoms with Crippen LogP contribution in [0.4, 0.5) is 4.39 Å². The van der Waals surface area contributed by atoms with E-state index in [4.69, 9.17) is 14.7 Å². The van der Waals surface area contributed by atoms with Crippen LogP contribution in [0.2, 0.25) is 0 Å². The van der Waals surface area contributed by atoms with Gasteiger partial charge in [0.15, 0.2) is 11.6 Å². The number of methoxy groups -OCH3 is 2. The van der Waals surface area contributed by atoms with E-state index in [1.807, 2.05) is 0 Å². The molecule has 1 amide bonds. The number of nitrogens with zero attached hydrogens (tertiary/aromatic N) is 2. The molecule has 0 heterocycles. The summed E-state index contributed by atoms with van der Waals surface area (Å²) in [5, 5.41) is 8.87. The number of rotatable bonds is 6. The van der Waals surface area contributed by atoms with Crippen molar-refractivity contribution in [1.29, 1.82) is 5.26 Å². The topological polar surface area (TPSA) is 79.6 Å². The van der Waals surface area contributed by atoms with E-state index in [9.17, 15) is 14.0 Å². The van der Waals surface area contributed by atoms with Crippen molar-refractivity contribution >= 4 is 11.9 Å². The van der Waals surface area contributed by atoms with Crippen LogP contribution in [0.5, 0.6) is 5.75 Å². The molecule has 0 radical (unpaired) electrons. The third-order valence-electron chi connectivity index (χ3n) is 3.68. The second-order valence-corrected chi connectivity index (χ2v) is 6.62. The molecule has 0 aliphatic heterocycles. The molecule has 7 heteroatoms. The van der Waals surface area contributed by atoms with E-state index in [1.165, 1.54) is 37.3 Å². The standard InChI is InChI=1S/C18H23FN2O4/c1-18(2,3)16(17(23)25-5)21(15(22)8-9-20)11-12-6-7-13(19)14(10-12)24-4/h6-7,10,16H,8,11H2,1-5H3. The predicted octanol–water partition coefficient (Wildman–Crippen LogP) is 2.66. The Hall–Kier alpha value is -2.62. The lowest BCUT2D eigenvalue weighted by molar-refractivity contribution is -0.158. The number of esters is 1. The molecule has 1 aromatic rings. The van der Waals surface area contributed by atoms with Crippen LogP contribution < -0.4 is 4.74 Å². The zero-order chi connectivity index (χ0) is 19.2. The molecule has 0 saturated carbocycles. The highest BCUT2D eigenvalue weighted by Gasteiger charge is 2.39. The first-order valence-corrected chi connectivity index (χ1v) is 7.72. The van der Waals surface area contributed by atoms with Gasteiger partial charge >= 0.3 is 5.97 Å². The molecule has 0 saturated heterocycles. The average molecular weight is 350 g/mol. The largest absolute Gasteiger partial charge is 0.494 e. The Kier molecular flexibility index (Phi) is 6.92. The highest BCUT2D eigenvalue weighted by Crippen LogP contribution is 2.28. The third kappa shape index (κ3) is 5.18. The van der Waals surface area contributed by atoms with Crippen LogP contribution in [0.3, 0.4) is 0 Å². The van der Waals surface area contributed by atoms with E-state index in [1.54, 1.807) is 26.8 Å². The Morgan fingerprint density at radius 3 is 2.44 bits per heavy atom. The van der Waals surface area contributed by atoms with E-state index in [2.05, 4.69) is 0 Å². The Morgan fingerprint density at radius 1 is 1.32 bits per heavy atom. The first-order chi connectivity index (χ1) is 11.6. The van der Waals surface area contributed by atoms with Crippen molar-refractivity contribution in [3.63, 3.8) is 0 Å². The number of benzene rings is 1. The molecule has 0 aliphatic carbocycles. The van der Waals surface area contributed by atoms with E-state index in [0.29, 0.717) is 5.56 Å². The lowest BCUT2D eigenvalue weighted by Gasteiger charge is -2.38. The molecule has 6 nitrogen and oxygen atoms in total. The summed E-state index contributed by atoms with van der Waals surface area (Å²) in [6, 6.07) is 5.09. The van der Waals surface area contributed by atoms with Crippen LogP contribution in [0, 0.1) is 22.6 Å². The van der Waals surface area contributed by atoms with Gasteiger partial charge in [-0.1, -0.05) is 26.8 Å². The summed E-state index contributed by atoms with van der Waals surface area (Å²) in [4.78, 5) is 26.1. The lowest BCUT2D eigenvalue weighted by Crippen LogP contribution is -2.52. The third-order valence-corrected chi connectivity index (χ3v) is 3.68. The summed E-state index contributed by atoms with van der Waals surface area (Å²) in [5.74, 6) is -1.57. The number of hydrogen-bond acceptors (Lipinski definition) is 5. The Labute approximate surface area is 147 Å². The Bertz CT molecular complexity index is 677. The van der Waals surface area contributed by atoms with Gasteiger partial charge in [0, 0.05) is 6.54 Å². The molecule has 0 fully saturated rings. The minimum atomic E-state index is -0.894. The summed E-state index contributed by atoms with van der Waals surface area (Å²) < 4.78 is 23.4. The smallest absolute Gasteiger partial charge is 0.329 e. The number of halogens is 1. The van der Waals surface area contributed by atoms with Crippen molar-refractivity contribution in [2.75, 3.05) is 14.2 Å². The maximum atomic E-state index is 13.6. The van der Waals surface area contributed by atoms with Crippen LogP contribution in [-0.2, 0) is 20.9 Å². The number of amides is 1. The zero-order valence-corrected chi connectivity index (χ0v) is 15.1. The minimum Gasteiger partial charge on any atom is -0.494 e. The number of carbonyl (C=O) groups excluding carboxylic acids is 2. The number of hydrogen-bond donors (Lipinski definition) is 0. The molecule has 0 spiro atoms. The van der Waals surface area contributed by atoms with Gasteiger partial charge in [0.1, 0.15) is 12.5 Å². The molecule has 0 N–H and O–H groups in total. The van der Waals surface area contributed by atoms with Crippen LogP contribution in [0.1, 0.15) is 32.8 Å². The molecule has 1 atom stereocenters. The van der Waals surface area contributed by atoms with Gasteiger partial charge in [-0.2, -0.15) is 5.26 Å². The van der Waals surface area contributed by atoms with Gasteiger partial charge in [0.25, 0.3) is 0 Å². The van der Waals surface area contributed by atoms with E-state index < -0.39 is 29.2 Å². The molecular formula is C18H23FN2O4. The van der Waals surface area contributed by atoms with Crippen molar-refractivity contribution in [2.45, 2.75) is 39.8 Å². The van der Waals surface area contributed by atoms with Gasteiger partial charge in [-0.15, -0.1) is 0 Å². The monoisotopic (exact) mass is 350 g/mol. The van der Waals surface area contributed by atoms with Crippen LogP contribution in [-0.4, -0.2) is 37.0 Å². The highest BCUT2D eigenvalue weighted by molar-refractivity contribution is 5.86. The fourth-order valence-electron chi connectivity index (χ4n) is 2.55. The fourth-order valence-corrected chi connectivity index (χ4v) is 2.55. The Morgan fingerprint density at radius 2 is 1.96 bits per heavy atom. The van der Waals surface area contributed by atoms with Gasteiger partial charge in [0.2, 0.25) is 5.91 Å². The summed E-state index contributed by atoms with van der Waals surface area (Å²) in [5.41, 5.74) is -0.0508. The molecule has 25 heavy (non-hydrogen) atoms. The summed E-state index contributed by atoms with van der Waals surface area (Å²) in [7, 11) is 2.59. The summed E-state index contributed by atoms with van der Waals surface area (Å²) in [6.07, 6.45) is -0.373. The predicted molar refractivity (Wildman–Crippen MR) is 89.0 cm³/mol. The average Bonchev–Trinajstić information content (AvgIpc) is 2.54. The summed E-state index contributed by atoms with van der Waals surface area (Å²) in [6.45, 7) is 5.42. The van der Waals surface area contributed by atoms with Gasteiger partial charge in [-0.25, -0.2) is 9.18 Å². The van der Waals surface area contributed by atoms with Gasteiger partial charge in [-0.3, -0.25) is 4.79 Å². The number of carbonyl (C=O) groups is 2. The van der Waals surface area contributed by atoms with E-state index in [0.717, 1.165) is 0 Å². The molecule has 0 aromatic heterocycles. The van der Waals surface area contributed by atoms with Crippen LogP contribution >= 0.6 is 0 Å². The lowest BCUT2D eigenvalue weighted by atomic mass is 9.85. The second kappa shape index (κ2) is 8.47. The van der Waals surface area contributed by atoms with Gasteiger partial charge in [-0.05, 0) is 23.1 Å². The fraction of sp³-hybridized carbons (Fsp3) is 0.500. The Balaban J connectivity index is 3.31. The molecule has 1 unspecified atom stereocenters. The second-order valence-electron chi connectivity index (χ2n) is 6.62. The highest BCUT2D eigenvalue weighted by atomic mass is 19.1. The molecule has 0 aliphatic rings. The molecule has 136 valence electrons. The van der Waals surface area contributed by atoms with Crippen molar-refractivity contribution in [1.82, 2.24) is 4.90 Å². The van der Waals surface area contributed by atoms with Crippen molar-refractivity contribution in [3.05, 3.63) is 29.6 Å². The molecular weight excluding hydrogens is 327 g/mol. The molecule has 1 rings (SSSR count). The van der Waals surface area contributed by atoms with Crippen LogP contribution in [0.15, 0.2) is 18.2 Å². The zero-order valence-electron chi connectivity index (χ0n) is 15.1. The summed E-state index contributed by atoms with van der Waals surface area (Å²) >= 11 is 0. The minimum absolute atomic E-state index is 0.0220. The van der Waals surface area contributed by atoms with Crippen LogP contribution in [0.25, 0.3) is 0 Å². The normalized spacial score (nSPS) is 12.0. The van der Waals surface area contributed by atoms with Gasteiger partial charge in [0.05, 0.1) is 20.3 Å². The maximum absolute atomic E-state index is 13.6. The maximum Gasteiger partial charge on any atom is 0.329 e. The molecule has 0 bridgehead atoms. The van der Waals surface area contributed by atoms with Crippen molar-refractivity contribution in [3.8, 4) is 11.8 Å². The first kappa shape index (κ1) is 20.4. The van der Waals surface area contributed by atoms with Gasteiger partial charge < -0.3 is 14.4 Å². The SMILES string of the molecule is COC(=O)C(N(Cc1ccc(F)c(OC)c1)C(=O)CC#N)C(C)(C)C. The number of nitriles is 1.